The van der Waals surface area contributed by atoms with Crippen LogP contribution in [0.15, 0.2) is 77.8 Å². The van der Waals surface area contributed by atoms with E-state index in [1.54, 1.807) is 11.3 Å². The minimum Gasteiger partial charge on any atom is -0.344 e. The number of pyridine rings is 1. The van der Waals surface area contributed by atoms with Gasteiger partial charge >= 0.3 is 0 Å². The van der Waals surface area contributed by atoms with Crippen LogP contribution in [-0.4, -0.2) is 9.55 Å². The molecule has 25 heavy (non-hydrogen) atoms. The van der Waals surface area contributed by atoms with E-state index >= 15 is 0 Å². The summed E-state index contributed by atoms with van der Waals surface area (Å²) in [7, 11) is 2.10. The number of para-hydroxylation sites is 3. The van der Waals surface area contributed by atoms with Crippen LogP contribution in [0.4, 0.5) is 5.13 Å². The average Bonchev–Trinajstić information content (AvgIpc) is 3.08. The summed E-state index contributed by atoms with van der Waals surface area (Å²) in [6, 6.07) is 25.0. The number of nitrogens with zero attached hydrogens (tertiary/aromatic N) is 3. The van der Waals surface area contributed by atoms with Crippen LogP contribution in [0.5, 0.6) is 0 Å². The minimum atomic E-state index is 0.797. The molecule has 0 fully saturated rings. The van der Waals surface area contributed by atoms with Crippen molar-refractivity contribution < 1.29 is 0 Å². The molecule has 0 amide bonds. The Hall–Kier alpha value is -2.98. The van der Waals surface area contributed by atoms with Crippen LogP contribution in [-0.2, 0) is 7.05 Å². The monoisotopic (exact) mass is 341 g/mol. The van der Waals surface area contributed by atoms with Crippen molar-refractivity contribution in [3.63, 3.8) is 0 Å². The molecule has 0 aliphatic heterocycles. The Labute approximate surface area is 148 Å². The largest absolute Gasteiger partial charge is 0.344 e. The molecule has 0 saturated carbocycles. The Morgan fingerprint density at radius 2 is 1.40 bits per heavy atom. The zero-order chi connectivity index (χ0) is 16.8. The Morgan fingerprint density at radius 1 is 0.800 bits per heavy atom. The normalized spacial score (nSPS) is 11.4. The van der Waals surface area contributed by atoms with Gasteiger partial charge in [-0.15, -0.1) is 0 Å². The van der Waals surface area contributed by atoms with Crippen LogP contribution in [0.2, 0.25) is 0 Å². The lowest BCUT2D eigenvalue weighted by Gasteiger charge is -2.11. The molecule has 2 aromatic heterocycles. The fraction of sp³-hybridized carbons (Fsp3) is 0.0476. The number of hydrogen-bond acceptors (Lipinski definition) is 3. The van der Waals surface area contributed by atoms with Crippen LogP contribution in [0.3, 0.4) is 0 Å². The zero-order valence-corrected chi connectivity index (χ0v) is 14.5. The van der Waals surface area contributed by atoms with Crippen molar-refractivity contribution in [2.45, 2.75) is 0 Å². The van der Waals surface area contributed by atoms with Gasteiger partial charge in [0.05, 0.1) is 26.6 Å². The van der Waals surface area contributed by atoms with Crippen molar-refractivity contribution in [1.29, 1.82) is 0 Å². The highest BCUT2D eigenvalue weighted by Gasteiger charge is 2.08. The molecule has 0 unspecified atom stereocenters. The number of rotatable bonds is 1. The molecule has 0 atom stereocenters. The van der Waals surface area contributed by atoms with Crippen molar-refractivity contribution in [3.8, 4) is 0 Å². The van der Waals surface area contributed by atoms with Crippen LogP contribution >= 0.6 is 11.3 Å². The van der Waals surface area contributed by atoms with Gasteiger partial charge in [-0.25, -0.2) is 9.98 Å². The molecule has 0 aliphatic rings. The van der Waals surface area contributed by atoms with Gasteiger partial charge in [0, 0.05) is 17.8 Å². The zero-order valence-electron chi connectivity index (χ0n) is 13.7. The fourth-order valence-electron chi connectivity index (χ4n) is 3.33. The van der Waals surface area contributed by atoms with E-state index in [1.807, 2.05) is 18.2 Å². The summed E-state index contributed by atoms with van der Waals surface area (Å²) < 4.78 is 3.39. The molecule has 120 valence electrons. The van der Waals surface area contributed by atoms with Crippen molar-refractivity contribution >= 4 is 48.5 Å². The molecule has 2 heterocycles. The second kappa shape index (κ2) is 5.53. The van der Waals surface area contributed by atoms with E-state index in [-0.39, 0.29) is 0 Å². The van der Waals surface area contributed by atoms with E-state index in [0.717, 1.165) is 31.5 Å². The van der Waals surface area contributed by atoms with E-state index in [1.165, 1.54) is 11.0 Å². The minimum absolute atomic E-state index is 0.797. The fourth-order valence-corrected chi connectivity index (χ4v) is 4.17. The molecule has 5 rings (SSSR count). The van der Waals surface area contributed by atoms with Crippen LogP contribution < -0.4 is 5.36 Å². The molecular formula is C21H15N3S. The number of hydrogen-bond donors (Lipinski definition) is 0. The maximum atomic E-state index is 4.97. The van der Waals surface area contributed by atoms with Gasteiger partial charge in [-0.05, 0) is 24.3 Å². The number of aromatic nitrogens is 2. The summed E-state index contributed by atoms with van der Waals surface area (Å²) in [5.41, 5.74) is 3.34. The maximum absolute atomic E-state index is 4.97. The lowest BCUT2D eigenvalue weighted by atomic mass is 10.1. The van der Waals surface area contributed by atoms with Gasteiger partial charge in [-0.1, -0.05) is 59.9 Å². The van der Waals surface area contributed by atoms with Crippen LogP contribution in [0, 0.1) is 0 Å². The number of benzene rings is 3. The first kappa shape index (κ1) is 14.4. The summed E-state index contributed by atoms with van der Waals surface area (Å²) >= 11 is 1.63. The lowest BCUT2D eigenvalue weighted by Crippen LogP contribution is -2.10. The van der Waals surface area contributed by atoms with Gasteiger partial charge in [0.1, 0.15) is 0 Å². The Bertz CT molecular complexity index is 1220. The third kappa shape index (κ3) is 2.26. The highest BCUT2D eigenvalue weighted by atomic mass is 32.1. The summed E-state index contributed by atoms with van der Waals surface area (Å²) in [4.78, 5) is 9.66. The first-order chi connectivity index (χ1) is 12.3. The molecule has 3 aromatic carbocycles. The molecule has 5 aromatic rings. The van der Waals surface area contributed by atoms with Gasteiger partial charge in [0.2, 0.25) is 5.13 Å². The molecular weight excluding hydrogens is 326 g/mol. The molecule has 4 heteroatoms. The smallest absolute Gasteiger partial charge is 0.210 e. The quantitative estimate of drug-likeness (QED) is 0.387. The SMILES string of the molecule is Cn1c2ccccc2c(=Nc2nc3ccccc3s2)c2ccccc21. The standard InChI is InChI=1S/C21H15N3S/c1-24-17-11-5-2-8-14(17)20(15-9-3-6-12-18(15)24)23-21-22-16-10-4-7-13-19(16)25-21/h2-13H,1H3. The molecule has 0 N–H and O–H groups in total. The highest BCUT2D eigenvalue weighted by molar-refractivity contribution is 7.21. The third-order valence-electron chi connectivity index (χ3n) is 4.53. The number of aryl methyl sites for hydroxylation is 1. The lowest BCUT2D eigenvalue weighted by molar-refractivity contribution is 1.00. The maximum Gasteiger partial charge on any atom is 0.210 e. The van der Waals surface area contributed by atoms with Crippen molar-refractivity contribution in [3.05, 3.63) is 78.2 Å². The molecule has 0 radical (unpaired) electrons. The van der Waals surface area contributed by atoms with Gasteiger partial charge in [0.25, 0.3) is 0 Å². The predicted octanol–water partition coefficient (Wildman–Crippen LogP) is 5.17. The van der Waals surface area contributed by atoms with Crippen molar-refractivity contribution in [2.24, 2.45) is 12.0 Å². The number of thiazole rings is 1. The van der Waals surface area contributed by atoms with Gasteiger partial charge in [-0.3, -0.25) is 0 Å². The van der Waals surface area contributed by atoms with Gasteiger partial charge in [0.15, 0.2) is 0 Å². The van der Waals surface area contributed by atoms with E-state index in [9.17, 15) is 0 Å². The average molecular weight is 341 g/mol. The van der Waals surface area contributed by atoms with Crippen molar-refractivity contribution in [1.82, 2.24) is 9.55 Å². The van der Waals surface area contributed by atoms with Crippen molar-refractivity contribution in [2.75, 3.05) is 0 Å². The second-order valence-corrected chi connectivity index (χ2v) is 7.03. The van der Waals surface area contributed by atoms with E-state index in [4.69, 9.17) is 4.99 Å². The Balaban J connectivity index is 1.94. The van der Waals surface area contributed by atoms with Gasteiger partial charge < -0.3 is 4.57 Å². The molecule has 0 bridgehead atoms. The highest BCUT2D eigenvalue weighted by Crippen LogP contribution is 2.28. The predicted molar refractivity (Wildman–Crippen MR) is 105 cm³/mol. The summed E-state index contributed by atoms with van der Waals surface area (Å²) in [5, 5.41) is 4.07. The molecule has 0 spiro atoms. The Morgan fingerprint density at radius 3 is 2.08 bits per heavy atom. The first-order valence-electron chi connectivity index (χ1n) is 8.18. The Kier molecular flexibility index (Phi) is 3.18. The third-order valence-corrected chi connectivity index (χ3v) is 5.46. The summed E-state index contributed by atoms with van der Waals surface area (Å²) in [5.74, 6) is 0. The topological polar surface area (TPSA) is 30.2 Å². The van der Waals surface area contributed by atoms with Crippen LogP contribution in [0.25, 0.3) is 32.0 Å². The van der Waals surface area contributed by atoms with E-state index < -0.39 is 0 Å². The number of fused-ring (bicyclic) bond motifs is 3. The van der Waals surface area contributed by atoms with E-state index in [0.29, 0.717) is 0 Å². The first-order valence-corrected chi connectivity index (χ1v) is 9.00. The summed E-state index contributed by atoms with van der Waals surface area (Å²) in [6.07, 6.45) is 0. The van der Waals surface area contributed by atoms with Crippen LogP contribution in [0.1, 0.15) is 0 Å². The summed E-state index contributed by atoms with van der Waals surface area (Å²) in [6.45, 7) is 0. The molecule has 0 aliphatic carbocycles. The molecule has 0 saturated heterocycles. The second-order valence-electron chi connectivity index (χ2n) is 6.02. The molecule has 3 nitrogen and oxygen atoms in total. The van der Waals surface area contributed by atoms with E-state index in [2.05, 4.69) is 71.2 Å². The van der Waals surface area contributed by atoms with Gasteiger partial charge in [-0.2, -0.15) is 0 Å².